The largest absolute Gasteiger partial charge is 0.442 e. The number of sulfonamides is 1. The summed E-state index contributed by atoms with van der Waals surface area (Å²) in [7, 11) is -4.10. The quantitative estimate of drug-likeness (QED) is 0.606. The number of carbonyl (C=O) groups is 1. The third-order valence-corrected chi connectivity index (χ3v) is 8.70. The Morgan fingerprint density at radius 3 is 2.38 bits per heavy atom. The first-order valence-corrected chi connectivity index (χ1v) is 12.5. The maximum Gasteiger partial charge on any atom is 0.424 e. The maximum absolute atomic E-state index is 13.5. The summed E-state index contributed by atoms with van der Waals surface area (Å²) in [6, 6.07) is 15.5. The molecule has 2 heterocycles. The number of ether oxygens (including phenoxy) is 2. The van der Waals surface area contributed by atoms with Crippen molar-refractivity contribution in [3.63, 3.8) is 0 Å². The van der Waals surface area contributed by atoms with Crippen LogP contribution in [-0.4, -0.2) is 36.1 Å². The monoisotopic (exact) mass is 457 g/mol. The topological polar surface area (TPSA) is 72.9 Å². The first-order chi connectivity index (χ1) is 15.1. The Kier molecular flexibility index (Phi) is 5.84. The van der Waals surface area contributed by atoms with Crippen LogP contribution in [0.15, 0.2) is 59.5 Å². The second-order valence-corrected chi connectivity index (χ2v) is 11.4. The molecule has 0 radical (unpaired) electrons. The molecule has 2 fully saturated rings. The van der Waals surface area contributed by atoms with E-state index >= 15 is 0 Å². The highest BCUT2D eigenvalue weighted by Crippen LogP contribution is 2.55. The standard InChI is InChI=1S/C25H31NO5S/c1-18(2)25-15-14-24(4,31-25)22(16-25)30-23(27)26(17-20-8-6-5-7-9-20)32(28,29)21-12-10-19(3)11-13-21/h5-13,18,22H,14-17H2,1-4H3/t22-,24+,25-/m1/s1. The summed E-state index contributed by atoms with van der Waals surface area (Å²) >= 11 is 0. The van der Waals surface area contributed by atoms with Crippen molar-refractivity contribution < 1.29 is 22.7 Å². The molecular formula is C25H31NO5S. The summed E-state index contributed by atoms with van der Waals surface area (Å²) in [5, 5.41) is 0. The Balaban J connectivity index is 1.63. The molecule has 172 valence electrons. The minimum Gasteiger partial charge on any atom is -0.442 e. The van der Waals surface area contributed by atoms with Crippen molar-refractivity contribution in [1.29, 1.82) is 0 Å². The Hall–Kier alpha value is -2.38. The second-order valence-electron chi connectivity index (χ2n) is 9.52. The number of aryl methyl sites for hydroxylation is 1. The molecule has 2 bridgehead atoms. The van der Waals surface area contributed by atoms with E-state index in [-0.39, 0.29) is 23.0 Å². The zero-order chi connectivity index (χ0) is 23.1. The van der Waals surface area contributed by atoms with Gasteiger partial charge in [-0.05, 0) is 50.3 Å². The Morgan fingerprint density at radius 1 is 1.12 bits per heavy atom. The summed E-state index contributed by atoms with van der Waals surface area (Å²) in [6.45, 7) is 7.96. The number of carbonyl (C=O) groups excluding carboxylic acids is 1. The zero-order valence-electron chi connectivity index (χ0n) is 19.1. The molecule has 4 rings (SSSR count). The number of rotatable bonds is 6. The van der Waals surface area contributed by atoms with Crippen LogP contribution < -0.4 is 0 Å². The van der Waals surface area contributed by atoms with Gasteiger partial charge in [0.2, 0.25) is 0 Å². The molecule has 2 aromatic carbocycles. The average Bonchev–Trinajstić information content (AvgIpc) is 3.25. The fourth-order valence-corrected chi connectivity index (χ4v) is 6.04. The molecule has 1 amide bonds. The lowest BCUT2D eigenvalue weighted by molar-refractivity contribution is -0.0827. The van der Waals surface area contributed by atoms with Gasteiger partial charge in [0.25, 0.3) is 10.0 Å². The van der Waals surface area contributed by atoms with E-state index in [1.165, 1.54) is 12.1 Å². The Labute approximate surface area is 190 Å². The molecule has 3 atom stereocenters. The highest BCUT2D eigenvalue weighted by Gasteiger charge is 2.62. The van der Waals surface area contributed by atoms with Gasteiger partial charge in [0.05, 0.1) is 17.0 Å². The minimum atomic E-state index is -4.10. The lowest BCUT2D eigenvalue weighted by atomic mass is 9.75. The zero-order valence-corrected chi connectivity index (χ0v) is 19.9. The molecule has 2 saturated heterocycles. The van der Waals surface area contributed by atoms with Crippen molar-refractivity contribution in [2.75, 3.05) is 0 Å². The van der Waals surface area contributed by atoms with Crippen molar-refractivity contribution in [3.05, 3.63) is 65.7 Å². The molecule has 2 aromatic rings. The van der Waals surface area contributed by atoms with Crippen LogP contribution in [-0.2, 0) is 26.0 Å². The van der Waals surface area contributed by atoms with Gasteiger partial charge in [-0.25, -0.2) is 13.2 Å². The highest BCUT2D eigenvalue weighted by molar-refractivity contribution is 7.89. The van der Waals surface area contributed by atoms with Gasteiger partial charge in [-0.15, -0.1) is 0 Å². The number of benzene rings is 2. The van der Waals surface area contributed by atoms with E-state index in [4.69, 9.17) is 9.47 Å². The van der Waals surface area contributed by atoms with Crippen LogP contribution in [0.2, 0.25) is 0 Å². The van der Waals surface area contributed by atoms with Crippen molar-refractivity contribution >= 4 is 16.1 Å². The first-order valence-electron chi connectivity index (χ1n) is 11.1. The molecule has 32 heavy (non-hydrogen) atoms. The van der Waals surface area contributed by atoms with E-state index in [2.05, 4.69) is 13.8 Å². The van der Waals surface area contributed by atoms with E-state index in [1.54, 1.807) is 24.3 Å². The molecule has 0 N–H and O–H groups in total. The molecular weight excluding hydrogens is 426 g/mol. The maximum atomic E-state index is 13.5. The molecule has 0 spiro atoms. The van der Waals surface area contributed by atoms with Gasteiger partial charge in [-0.1, -0.05) is 61.9 Å². The Bertz CT molecular complexity index is 1080. The van der Waals surface area contributed by atoms with Crippen LogP contribution in [0.3, 0.4) is 0 Å². The molecule has 0 aliphatic carbocycles. The van der Waals surface area contributed by atoms with Crippen molar-refractivity contribution in [2.45, 2.75) is 75.7 Å². The van der Waals surface area contributed by atoms with Crippen molar-refractivity contribution in [3.8, 4) is 0 Å². The van der Waals surface area contributed by atoms with E-state index < -0.39 is 27.8 Å². The van der Waals surface area contributed by atoms with Gasteiger partial charge in [0, 0.05) is 6.42 Å². The number of nitrogens with zero attached hydrogens (tertiary/aromatic N) is 1. The molecule has 2 aliphatic rings. The number of hydrogen-bond acceptors (Lipinski definition) is 5. The average molecular weight is 458 g/mol. The third-order valence-electron chi connectivity index (χ3n) is 6.97. The van der Waals surface area contributed by atoms with Gasteiger partial charge < -0.3 is 9.47 Å². The summed E-state index contributed by atoms with van der Waals surface area (Å²) in [5.74, 6) is 0.282. The molecule has 0 unspecified atom stereocenters. The summed E-state index contributed by atoms with van der Waals surface area (Å²) in [5.41, 5.74) is 0.729. The van der Waals surface area contributed by atoms with E-state index in [9.17, 15) is 13.2 Å². The lowest BCUT2D eigenvalue weighted by Crippen LogP contribution is -2.44. The fraction of sp³-hybridized carbons (Fsp3) is 0.480. The molecule has 7 heteroatoms. The van der Waals surface area contributed by atoms with Crippen molar-refractivity contribution in [2.24, 2.45) is 5.92 Å². The molecule has 0 saturated carbocycles. The van der Waals surface area contributed by atoms with Crippen LogP contribution in [0.1, 0.15) is 51.2 Å². The normalized spacial score (nSPS) is 27.0. The van der Waals surface area contributed by atoms with Gasteiger partial charge in [0.15, 0.2) is 0 Å². The van der Waals surface area contributed by atoms with Crippen LogP contribution in [0.25, 0.3) is 0 Å². The third kappa shape index (κ3) is 4.04. The van der Waals surface area contributed by atoms with Crippen LogP contribution in [0, 0.1) is 12.8 Å². The predicted molar refractivity (Wildman–Crippen MR) is 122 cm³/mol. The molecule has 0 aromatic heterocycles. The predicted octanol–water partition coefficient (Wildman–Crippen LogP) is 5.06. The van der Waals surface area contributed by atoms with Crippen molar-refractivity contribution in [1.82, 2.24) is 4.31 Å². The summed E-state index contributed by atoms with van der Waals surface area (Å²) in [6.07, 6.45) is 0.932. The number of fused-ring (bicyclic) bond motifs is 2. The van der Waals surface area contributed by atoms with Gasteiger partial charge in [0.1, 0.15) is 11.7 Å². The van der Waals surface area contributed by atoms with Gasteiger partial charge in [-0.2, -0.15) is 4.31 Å². The van der Waals surface area contributed by atoms with E-state index in [0.29, 0.717) is 12.0 Å². The second kappa shape index (κ2) is 8.19. The van der Waals surface area contributed by atoms with Crippen LogP contribution >= 0.6 is 0 Å². The van der Waals surface area contributed by atoms with E-state index in [1.807, 2.05) is 32.0 Å². The van der Waals surface area contributed by atoms with Crippen LogP contribution in [0.4, 0.5) is 4.79 Å². The fourth-order valence-electron chi connectivity index (χ4n) is 4.75. The van der Waals surface area contributed by atoms with E-state index in [0.717, 1.165) is 22.7 Å². The number of amides is 1. The summed E-state index contributed by atoms with van der Waals surface area (Å²) < 4.78 is 40.0. The SMILES string of the molecule is Cc1ccc(S(=O)(=O)N(Cc2ccccc2)C(=O)O[C@@H]2C[C@@]3(C(C)C)CC[C@]2(C)O3)cc1. The van der Waals surface area contributed by atoms with Gasteiger partial charge >= 0.3 is 6.09 Å². The molecule has 2 aliphatic heterocycles. The summed E-state index contributed by atoms with van der Waals surface area (Å²) in [4.78, 5) is 13.4. The van der Waals surface area contributed by atoms with Crippen LogP contribution in [0.5, 0.6) is 0 Å². The molecule has 6 nitrogen and oxygen atoms in total. The smallest absolute Gasteiger partial charge is 0.424 e. The minimum absolute atomic E-state index is 0.0602. The highest BCUT2D eigenvalue weighted by atomic mass is 32.2. The first kappa shape index (κ1) is 22.8. The Morgan fingerprint density at radius 2 is 1.78 bits per heavy atom. The number of hydrogen-bond donors (Lipinski definition) is 0. The van der Waals surface area contributed by atoms with Gasteiger partial charge in [-0.3, -0.25) is 0 Å². The lowest BCUT2D eigenvalue weighted by Gasteiger charge is -2.32.